The predicted octanol–water partition coefficient (Wildman–Crippen LogP) is 1.21. The highest BCUT2D eigenvalue weighted by atomic mass is 16.5. The fourth-order valence-electron chi connectivity index (χ4n) is 1.09. The molecular weight excluding hydrogens is 168 g/mol. The summed E-state index contributed by atoms with van der Waals surface area (Å²) in [5, 5.41) is 0. The molecule has 1 heterocycles. The van der Waals surface area contributed by atoms with E-state index < -0.39 is 0 Å². The molecule has 1 aromatic rings. The van der Waals surface area contributed by atoms with Crippen LogP contribution in [0.1, 0.15) is 28.9 Å². The van der Waals surface area contributed by atoms with E-state index in [9.17, 15) is 4.79 Å². The number of carbonyl (C=O) groups excluding carboxylic acids is 1. The summed E-state index contributed by atoms with van der Waals surface area (Å²) in [7, 11) is 1.81. The summed E-state index contributed by atoms with van der Waals surface area (Å²) in [5.41, 5.74) is 1.86. The summed E-state index contributed by atoms with van der Waals surface area (Å²) >= 11 is 0. The summed E-state index contributed by atoms with van der Waals surface area (Å²) in [4.78, 5) is 15.4. The molecule has 4 heteroatoms. The number of nitrogens with zero attached hydrogens (tertiary/aromatic N) is 2. The van der Waals surface area contributed by atoms with Gasteiger partial charge in [0.05, 0.1) is 12.3 Å². The summed E-state index contributed by atoms with van der Waals surface area (Å²) < 4.78 is 6.60. The molecule has 0 aliphatic heterocycles. The van der Waals surface area contributed by atoms with Gasteiger partial charge in [-0.25, -0.2) is 9.78 Å². The van der Waals surface area contributed by atoms with E-state index in [0.717, 1.165) is 11.4 Å². The van der Waals surface area contributed by atoms with Crippen LogP contribution in [-0.2, 0) is 11.8 Å². The molecule has 0 amide bonds. The van der Waals surface area contributed by atoms with E-state index in [0.29, 0.717) is 12.4 Å². The number of ether oxygens (including phenoxy) is 1. The molecule has 0 aliphatic carbocycles. The van der Waals surface area contributed by atoms with Gasteiger partial charge in [0.25, 0.3) is 0 Å². The van der Waals surface area contributed by atoms with Gasteiger partial charge in [-0.15, -0.1) is 0 Å². The highest BCUT2D eigenvalue weighted by molar-refractivity contribution is 5.85. The molecule has 0 aliphatic rings. The van der Waals surface area contributed by atoms with Crippen molar-refractivity contribution in [2.45, 2.75) is 20.8 Å². The Morgan fingerprint density at radius 3 is 2.54 bits per heavy atom. The van der Waals surface area contributed by atoms with Crippen molar-refractivity contribution in [1.29, 1.82) is 0 Å². The van der Waals surface area contributed by atoms with Crippen molar-refractivity contribution in [1.82, 2.24) is 9.55 Å². The van der Waals surface area contributed by atoms with Gasteiger partial charge in [0, 0.05) is 12.7 Å². The maximum Gasteiger partial charge on any atom is 0.374 e. The lowest BCUT2D eigenvalue weighted by molar-refractivity contribution is 0.0507. The predicted molar refractivity (Wildman–Crippen MR) is 48.6 cm³/mol. The molecule has 72 valence electrons. The lowest BCUT2D eigenvalue weighted by Gasteiger charge is -2.01. The third kappa shape index (κ3) is 1.71. The Balaban J connectivity index is 3.01. The van der Waals surface area contributed by atoms with Crippen molar-refractivity contribution >= 4 is 5.97 Å². The molecular formula is C9H14N2O2. The number of carbonyl (C=O) groups is 1. The van der Waals surface area contributed by atoms with Gasteiger partial charge in [0.1, 0.15) is 0 Å². The van der Waals surface area contributed by atoms with E-state index in [2.05, 4.69) is 4.98 Å². The zero-order chi connectivity index (χ0) is 10.0. The van der Waals surface area contributed by atoms with Gasteiger partial charge >= 0.3 is 5.97 Å². The zero-order valence-corrected chi connectivity index (χ0v) is 8.42. The molecule has 0 aromatic carbocycles. The Bertz CT molecular complexity index is 329. The molecule has 0 bridgehead atoms. The molecule has 4 nitrogen and oxygen atoms in total. The number of hydrogen-bond acceptors (Lipinski definition) is 3. The lowest BCUT2D eigenvalue weighted by atomic mass is 10.4. The van der Waals surface area contributed by atoms with Crippen molar-refractivity contribution in [3.8, 4) is 0 Å². The standard InChI is InChI=1S/C9H14N2O2/c1-5-13-9(12)8-10-6(2)7(3)11(8)4/h5H2,1-4H3. The average Bonchev–Trinajstić information content (AvgIpc) is 2.33. The second-order valence-electron chi connectivity index (χ2n) is 2.89. The summed E-state index contributed by atoms with van der Waals surface area (Å²) in [6.07, 6.45) is 0. The first kappa shape index (κ1) is 9.77. The van der Waals surface area contributed by atoms with Crippen molar-refractivity contribution < 1.29 is 9.53 Å². The van der Waals surface area contributed by atoms with Crippen LogP contribution < -0.4 is 0 Å². The van der Waals surface area contributed by atoms with Gasteiger partial charge < -0.3 is 9.30 Å². The molecule has 1 rings (SSSR count). The summed E-state index contributed by atoms with van der Waals surface area (Å²) in [6, 6.07) is 0. The zero-order valence-electron chi connectivity index (χ0n) is 8.42. The first-order chi connectivity index (χ1) is 6.07. The quantitative estimate of drug-likeness (QED) is 0.646. The second kappa shape index (κ2) is 3.60. The van der Waals surface area contributed by atoms with Crippen LogP contribution in [0.25, 0.3) is 0 Å². The van der Waals surface area contributed by atoms with Crippen LogP contribution in [0.5, 0.6) is 0 Å². The maximum absolute atomic E-state index is 11.3. The minimum atomic E-state index is -0.360. The van der Waals surface area contributed by atoms with E-state index in [4.69, 9.17) is 4.74 Å². The van der Waals surface area contributed by atoms with Gasteiger partial charge in [0.15, 0.2) is 0 Å². The molecule has 1 aromatic heterocycles. The first-order valence-electron chi connectivity index (χ1n) is 4.25. The van der Waals surface area contributed by atoms with Gasteiger partial charge in [-0.2, -0.15) is 0 Å². The van der Waals surface area contributed by atoms with Crippen LogP contribution >= 0.6 is 0 Å². The van der Waals surface area contributed by atoms with Gasteiger partial charge in [-0.1, -0.05) is 0 Å². The molecule has 0 atom stereocenters. The molecule has 0 radical (unpaired) electrons. The minimum absolute atomic E-state index is 0.360. The van der Waals surface area contributed by atoms with E-state index >= 15 is 0 Å². The Morgan fingerprint density at radius 1 is 1.54 bits per heavy atom. The molecule has 0 saturated carbocycles. The summed E-state index contributed by atoms with van der Waals surface area (Å²) in [5.74, 6) is 0.0121. The third-order valence-electron chi connectivity index (χ3n) is 2.08. The van der Waals surface area contributed by atoms with Crippen LogP contribution in [-0.4, -0.2) is 22.1 Å². The number of esters is 1. The van der Waals surface area contributed by atoms with E-state index in [1.54, 1.807) is 11.5 Å². The Morgan fingerprint density at radius 2 is 2.15 bits per heavy atom. The minimum Gasteiger partial charge on any atom is -0.460 e. The van der Waals surface area contributed by atoms with Crippen LogP contribution in [0.3, 0.4) is 0 Å². The smallest absolute Gasteiger partial charge is 0.374 e. The molecule has 0 saturated heterocycles. The Kier molecular flexibility index (Phi) is 2.70. The van der Waals surface area contributed by atoms with Gasteiger partial charge in [-0.05, 0) is 20.8 Å². The third-order valence-corrected chi connectivity index (χ3v) is 2.08. The lowest BCUT2D eigenvalue weighted by Crippen LogP contribution is -2.11. The van der Waals surface area contributed by atoms with Gasteiger partial charge in [0.2, 0.25) is 5.82 Å². The first-order valence-corrected chi connectivity index (χ1v) is 4.25. The SMILES string of the molecule is CCOC(=O)c1nc(C)c(C)n1C. The second-order valence-corrected chi connectivity index (χ2v) is 2.89. The molecule has 13 heavy (non-hydrogen) atoms. The fraction of sp³-hybridized carbons (Fsp3) is 0.556. The average molecular weight is 182 g/mol. The number of aromatic nitrogens is 2. The molecule has 0 fully saturated rings. The Hall–Kier alpha value is -1.32. The highest BCUT2D eigenvalue weighted by Crippen LogP contribution is 2.08. The normalized spacial score (nSPS) is 10.2. The highest BCUT2D eigenvalue weighted by Gasteiger charge is 2.15. The van der Waals surface area contributed by atoms with E-state index in [1.807, 2.05) is 20.9 Å². The van der Waals surface area contributed by atoms with Crippen molar-refractivity contribution in [3.05, 3.63) is 17.2 Å². The van der Waals surface area contributed by atoms with Crippen LogP contribution in [0, 0.1) is 13.8 Å². The molecule has 0 N–H and O–H groups in total. The molecule has 0 unspecified atom stereocenters. The van der Waals surface area contributed by atoms with E-state index in [-0.39, 0.29) is 5.97 Å². The number of aryl methyl sites for hydroxylation is 1. The fourth-order valence-corrected chi connectivity index (χ4v) is 1.09. The summed E-state index contributed by atoms with van der Waals surface area (Å²) in [6.45, 7) is 5.95. The largest absolute Gasteiger partial charge is 0.460 e. The van der Waals surface area contributed by atoms with Crippen molar-refractivity contribution in [2.24, 2.45) is 7.05 Å². The molecule has 0 spiro atoms. The number of imidazole rings is 1. The number of rotatable bonds is 2. The van der Waals surface area contributed by atoms with Crippen LogP contribution in [0.2, 0.25) is 0 Å². The van der Waals surface area contributed by atoms with Crippen LogP contribution in [0.15, 0.2) is 0 Å². The van der Waals surface area contributed by atoms with Crippen molar-refractivity contribution in [3.63, 3.8) is 0 Å². The topological polar surface area (TPSA) is 44.1 Å². The Labute approximate surface area is 77.5 Å². The van der Waals surface area contributed by atoms with Gasteiger partial charge in [-0.3, -0.25) is 0 Å². The van der Waals surface area contributed by atoms with Crippen LogP contribution in [0.4, 0.5) is 0 Å². The maximum atomic E-state index is 11.3. The monoisotopic (exact) mass is 182 g/mol. The van der Waals surface area contributed by atoms with E-state index in [1.165, 1.54) is 0 Å². The van der Waals surface area contributed by atoms with Crippen molar-refractivity contribution in [2.75, 3.05) is 6.61 Å². The number of hydrogen-bond donors (Lipinski definition) is 0.